The quantitative estimate of drug-likeness (QED) is 0.505. The lowest BCUT2D eigenvalue weighted by Crippen LogP contribution is -2.18. The van der Waals surface area contributed by atoms with Gasteiger partial charge in [0, 0.05) is 29.1 Å². The highest BCUT2D eigenvalue weighted by molar-refractivity contribution is 7.99. The summed E-state index contributed by atoms with van der Waals surface area (Å²) >= 11 is 1.86. The van der Waals surface area contributed by atoms with E-state index < -0.39 is 0 Å². The Labute approximate surface area is 163 Å². The van der Waals surface area contributed by atoms with Gasteiger partial charge in [-0.25, -0.2) is 0 Å². The van der Waals surface area contributed by atoms with E-state index in [0.29, 0.717) is 5.92 Å². The summed E-state index contributed by atoms with van der Waals surface area (Å²) < 4.78 is 5.52. The molecule has 0 spiro atoms. The Balaban J connectivity index is 2.28. The second-order valence-electron chi connectivity index (χ2n) is 7.34. The van der Waals surface area contributed by atoms with Gasteiger partial charge < -0.3 is 9.64 Å². The summed E-state index contributed by atoms with van der Waals surface area (Å²) in [5.41, 5.74) is 5.27. The lowest BCUT2D eigenvalue weighted by atomic mass is 10.0. The molecule has 2 aromatic carbocycles. The summed E-state index contributed by atoms with van der Waals surface area (Å²) in [6, 6.07) is 11.2. The summed E-state index contributed by atoms with van der Waals surface area (Å²) in [7, 11) is 3.94. The first-order valence-corrected chi connectivity index (χ1v) is 10.4. The molecule has 0 saturated carbocycles. The maximum Gasteiger partial charge on any atom is 0.122 e. The number of aryl methyl sites for hydroxylation is 2. The van der Waals surface area contributed by atoms with Gasteiger partial charge in [-0.1, -0.05) is 39.0 Å². The lowest BCUT2D eigenvalue weighted by Gasteiger charge is -2.22. The molecule has 0 aromatic heterocycles. The minimum absolute atomic E-state index is 0.447. The number of hydrogen-bond donors (Lipinski definition) is 0. The lowest BCUT2D eigenvalue weighted by molar-refractivity contribution is 0.407. The van der Waals surface area contributed by atoms with Crippen LogP contribution in [0.25, 0.3) is 0 Å². The van der Waals surface area contributed by atoms with Gasteiger partial charge in [0.15, 0.2) is 0 Å². The highest BCUT2D eigenvalue weighted by atomic mass is 32.2. The largest absolute Gasteiger partial charge is 0.496 e. The molecule has 0 bridgehead atoms. The highest BCUT2D eigenvalue weighted by Gasteiger charge is 2.13. The number of ether oxygens (including phenoxy) is 1. The van der Waals surface area contributed by atoms with Gasteiger partial charge >= 0.3 is 0 Å². The van der Waals surface area contributed by atoms with E-state index in [1.165, 1.54) is 45.0 Å². The normalized spacial score (nSPS) is 11.1. The minimum atomic E-state index is 0.447. The number of hydrogen-bond acceptors (Lipinski definition) is 3. The molecule has 0 unspecified atom stereocenters. The van der Waals surface area contributed by atoms with Crippen LogP contribution in [0.15, 0.2) is 40.1 Å². The van der Waals surface area contributed by atoms with E-state index in [1.807, 2.05) is 11.8 Å². The molecule has 0 aliphatic carbocycles. The Hall–Kier alpha value is -1.61. The van der Waals surface area contributed by atoms with Crippen molar-refractivity contribution in [1.82, 2.24) is 0 Å². The van der Waals surface area contributed by atoms with Crippen molar-refractivity contribution in [3.8, 4) is 5.75 Å². The smallest absolute Gasteiger partial charge is 0.122 e. The third-order valence-electron chi connectivity index (χ3n) is 4.78. The van der Waals surface area contributed by atoms with Gasteiger partial charge in [-0.15, -0.1) is 0 Å². The zero-order valence-corrected chi connectivity index (χ0v) is 18.2. The Morgan fingerprint density at radius 3 is 2.27 bits per heavy atom. The van der Waals surface area contributed by atoms with Crippen molar-refractivity contribution in [1.29, 1.82) is 0 Å². The standard InChI is InChI=1S/C23H33NOS/c1-8-9-12-24(6)19-13-17(4)23(18(5)14-19)26-20-10-11-22(25-7)21(15-20)16(2)3/h10-11,13-16H,8-9,12H2,1-7H3. The fourth-order valence-corrected chi connectivity index (χ4v) is 4.18. The van der Waals surface area contributed by atoms with Crippen LogP contribution in [0.1, 0.15) is 56.2 Å². The molecular formula is C23H33NOS. The molecule has 2 rings (SSSR count). The first-order valence-electron chi connectivity index (χ1n) is 9.55. The molecule has 0 aliphatic rings. The number of anilines is 1. The molecule has 0 amide bonds. The molecule has 0 saturated heterocycles. The van der Waals surface area contributed by atoms with Gasteiger partial charge in [-0.2, -0.15) is 0 Å². The molecule has 0 aliphatic heterocycles. The van der Waals surface area contributed by atoms with Gasteiger partial charge in [0.1, 0.15) is 5.75 Å². The average molecular weight is 372 g/mol. The first kappa shape index (κ1) is 20.7. The van der Waals surface area contributed by atoms with Crippen molar-refractivity contribution < 1.29 is 4.74 Å². The van der Waals surface area contributed by atoms with Crippen molar-refractivity contribution in [2.45, 2.75) is 63.2 Å². The van der Waals surface area contributed by atoms with Crippen molar-refractivity contribution in [3.63, 3.8) is 0 Å². The predicted molar refractivity (Wildman–Crippen MR) is 115 cm³/mol. The van der Waals surface area contributed by atoms with Crippen LogP contribution in [0.5, 0.6) is 5.75 Å². The predicted octanol–water partition coefficient (Wildman–Crippen LogP) is 6.82. The van der Waals surface area contributed by atoms with E-state index in [9.17, 15) is 0 Å². The summed E-state index contributed by atoms with van der Waals surface area (Å²) in [6.07, 6.45) is 2.46. The Morgan fingerprint density at radius 1 is 1.08 bits per heavy atom. The molecular weight excluding hydrogens is 338 g/mol. The number of rotatable bonds is 8. The van der Waals surface area contributed by atoms with Crippen LogP contribution in [0.3, 0.4) is 0 Å². The van der Waals surface area contributed by atoms with Crippen molar-refractivity contribution in [2.24, 2.45) is 0 Å². The topological polar surface area (TPSA) is 12.5 Å². The third kappa shape index (κ3) is 4.97. The molecule has 2 nitrogen and oxygen atoms in total. The number of methoxy groups -OCH3 is 1. The molecule has 3 heteroatoms. The summed E-state index contributed by atoms with van der Waals surface area (Å²) in [6.45, 7) is 12.2. The van der Waals surface area contributed by atoms with Gasteiger partial charge in [-0.05, 0) is 73.2 Å². The average Bonchev–Trinajstić information content (AvgIpc) is 2.62. The molecule has 0 atom stereocenters. The second kappa shape index (κ2) is 9.36. The van der Waals surface area contributed by atoms with Crippen molar-refractivity contribution >= 4 is 17.4 Å². The van der Waals surface area contributed by atoms with Crippen LogP contribution in [-0.4, -0.2) is 20.7 Å². The molecule has 0 heterocycles. The molecule has 2 aromatic rings. The number of unbranched alkanes of at least 4 members (excludes halogenated alkanes) is 1. The zero-order valence-electron chi connectivity index (χ0n) is 17.3. The van der Waals surface area contributed by atoms with Gasteiger partial charge in [0.05, 0.1) is 7.11 Å². The fourth-order valence-electron chi connectivity index (χ4n) is 3.18. The zero-order chi connectivity index (χ0) is 19.3. The summed E-state index contributed by atoms with van der Waals surface area (Å²) in [5, 5.41) is 0. The summed E-state index contributed by atoms with van der Waals surface area (Å²) in [5.74, 6) is 1.42. The van der Waals surface area contributed by atoms with E-state index in [-0.39, 0.29) is 0 Å². The van der Waals surface area contributed by atoms with E-state index in [1.54, 1.807) is 7.11 Å². The van der Waals surface area contributed by atoms with Crippen LogP contribution in [-0.2, 0) is 0 Å². The van der Waals surface area contributed by atoms with E-state index >= 15 is 0 Å². The maximum absolute atomic E-state index is 5.52. The number of benzene rings is 2. The fraction of sp³-hybridized carbons (Fsp3) is 0.478. The van der Waals surface area contributed by atoms with Crippen LogP contribution in [0, 0.1) is 13.8 Å². The highest BCUT2D eigenvalue weighted by Crippen LogP contribution is 2.38. The number of nitrogens with zero attached hydrogens (tertiary/aromatic N) is 1. The van der Waals surface area contributed by atoms with Gasteiger partial charge in [-0.3, -0.25) is 0 Å². The van der Waals surface area contributed by atoms with Crippen molar-refractivity contribution in [2.75, 3.05) is 25.6 Å². The Bertz CT molecular complexity index is 716. The van der Waals surface area contributed by atoms with Crippen LogP contribution < -0.4 is 9.64 Å². The Morgan fingerprint density at radius 2 is 1.73 bits per heavy atom. The molecule has 142 valence electrons. The molecule has 0 fully saturated rings. The van der Waals surface area contributed by atoms with Crippen LogP contribution >= 0.6 is 11.8 Å². The molecule has 26 heavy (non-hydrogen) atoms. The van der Waals surface area contributed by atoms with E-state index in [0.717, 1.165) is 12.3 Å². The minimum Gasteiger partial charge on any atom is -0.496 e. The van der Waals surface area contributed by atoms with Crippen molar-refractivity contribution in [3.05, 3.63) is 47.0 Å². The molecule has 0 N–H and O–H groups in total. The molecule has 0 radical (unpaired) electrons. The SMILES string of the molecule is CCCCN(C)c1cc(C)c(Sc2ccc(OC)c(C(C)C)c2)c(C)c1. The third-order valence-corrected chi connectivity index (χ3v) is 6.11. The van der Waals surface area contributed by atoms with E-state index in [4.69, 9.17) is 4.74 Å². The monoisotopic (exact) mass is 371 g/mol. The van der Waals surface area contributed by atoms with E-state index in [2.05, 4.69) is 76.9 Å². The van der Waals surface area contributed by atoms with Gasteiger partial charge in [0.25, 0.3) is 0 Å². The summed E-state index contributed by atoms with van der Waals surface area (Å²) in [4.78, 5) is 4.99. The van der Waals surface area contributed by atoms with Gasteiger partial charge in [0.2, 0.25) is 0 Å². The van der Waals surface area contributed by atoms with Crippen LogP contribution in [0.4, 0.5) is 5.69 Å². The Kier molecular flexibility index (Phi) is 7.45. The first-order chi connectivity index (χ1) is 12.4. The maximum atomic E-state index is 5.52. The van der Waals surface area contributed by atoms with Crippen LogP contribution in [0.2, 0.25) is 0 Å². The second-order valence-corrected chi connectivity index (χ2v) is 8.43.